The zero-order valence-corrected chi connectivity index (χ0v) is 5.37. The number of hydrogen-bond donors (Lipinski definition) is 2. The molecule has 0 aliphatic rings. The second-order valence-corrected chi connectivity index (χ2v) is 1.77. The molecule has 0 amide bonds. The van der Waals surface area contributed by atoms with E-state index in [0.29, 0.717) is 0 Å². The van der Waals surface area contributed by atoms with Crippen molar-refractivity contribution < 1.29 is 9.90 Å². The average molecular weight is 129 g/mol. The van der Waals surface area contributed by atoms with E-state index in [0.717, 1.165) is 12.5 Å². The Morgan fingerprint density at radius 3 is 2.78 bits per heavy atom. The Labute approximate surface area is 54.2 Å². The lowest BCUT2D eigenvalue weighted by Crippen LogP contribution is -2.15. The number of nitrogens with two attached hydrogens (primary N) is 1. The van der Waals surface area contributed by atoms with E-state index in [4.69, 9.17) is 10.8 Å². The molecule has 0 saturated heterocycles. The van der Waals surface area contributed by atoms with Crippen LogP contribution in [0, 0.1) is 0 Å². The minimum Gasteiger partial charge on any atom is -0.478 e. The summed E-state index contributed by atoms with van der Waals surface area (Å²) in [5.74, 6) is -0.945. The third-order valence-corrected chi connectivity index (χ3v) is 0.957. The maximum absolute atomic E-state index is 9.88. The highest BCUT2D eigenvalue weighted by atomic mass is 16.4. The summed E-state index contributed by atoms with van der Waals surface area (Å²) in [5, 5.41) is 8.12. The van der Waals surface area contributed by atoms with Gasteiger partial charge in [0.05, 0.1) is 0 Å². The molecule has 9 heavy (non-hydrogen) atoms. The molecule has 0 heterocycles. The first-order chi connectivity index (χ1) is 4.16. The van der Waals surface area contributed by atoms with Crippen molar-refractivity contribution in [2.45, 2.75) is 19.4 Å². The molecule has 1 unspecified atom stereocenters. The summed E-state index contributed by atoms with van der Waals surface area (Å²) in [4.78, 5) is 9.88. The van der Waals surface area contributed by atoms with Crippen LogP contribution < -0.4 is 5.73 Å². The van der Waals surface area contributed by atoms with Gasteiger partial charge in [-0.2, -0.15) is 0 Å². The second kappa shape index (κ2) is 4.09. The van der Waals surface area contributed by atoms with Crippen LogP contribution in [0.25, 0.3) is 0 Å². The first-order valence-corrected chi connectivity index (χ1v) is 2.83. The summed E-state index contributed by atoms with van der Waals surface area (Å²) in [7, 11) is 0. The summed E-state index contributed by atoms with van der Waals surface area (Å²) in [6.07, 6.45) is 3.31. The molecular weight excluding hydrogens is 118 g/mol. The van der Waals surface area contributed by atoms with Gasteiger partial charge in [-0.3, -0.25) is 0 Å². The Kier molecular flexibility index (Phi) is 3.71. The molecule has 1 atom stereocenters. The van der Waals surface area contributed by atoms with E-state index in [1.807, 2.05) is 6.92 Å². The number of hydrogen-bond acceptors (Lipinski definition) is 2. The first kappa shape index (κ1) is 8.17. The molecule has 0 spiro atoms. The maximum atomic E-state index is 9.88. The van der Waals surface area contributed by atoms with Crippen molar-refractivity contribution in [2.24, 2.45) is 5.73 Å². The van der Waals surface area contributed by atoms with Gasteiger partial charge < -0.3 is 10.8 Å². The maximum Gasteiger partial charge on any atom is 0.328 e. The molecule has 3 heteroatoms. The van der Waals surface area contributed by atoms with Gasteiger partial charge in [0.1, 0.15) is 0 Å². The predicted molar refractivity (Wildman–Crippen MR) is 35.0 cm³/mol. The second-order valence-electron chi connectivity index (χ2n) is 1.77. The molecular formula is C6H11NO2. The van der Waals surface area contributed by atoms with Crippen molar-refractivity contribution in [3.63, 3.8) is 0 Å². The van der Waals surface area contributed by atoms with E-state index < -0.39 is 5.97 Å². The highest BCUT2D eigenvalue weighted by Gasteiger charge is 1.91. The van der Waals surface area contributed by atoms with Gasteiger partial charge in [-0.05, 0) is 6.42 Å². The zero-order chi connectivity index (χ0) is 7.28. The Balaban J connectivity index is 3.56. The van der Waals surface area contributed by atoms with Crippen LogP contribution >= 0.6 is 0 Å². The minimum atomic E-state index is -0.945. The van der Waals surface area contributed by atoms with Crippen LogP contribution in [0.2, 0.25) is 0 Å². The molecule has 0 rings (SSSR count). The van der Waals surface area contributed by atoms with Crippen LogP contribution in [-0.4, -0.2) is 17.1 Å². The molecule has 0 saturated carbocycles. The molecule has 0 aliphatic carbocycles. The summed E-state index contributed by atoms with van der Waals surface area (Å²) >= 11 is 0. The quantitative estimate of drug-likeness (QED) is 0.541. The SMILES string of the molecule is CCC(N)/C=C/C(=O)O. The Bertz CT molecular complexity index is 120. The van der Waals surface area contributed by atoms with Crippen molar-refractivity contribution in [3.8, 4) is 0 Å². The van der Waals surface area contributed by atoms with Gasteiger partial charge in [0.25, 0.3) is 0 Å². The van der Waals surface area contributed by atoms with Crippen LogP contribution in [-0.2, 0) is 4.79 Å². The summed E-state index contributed by atoms with van der Waals surface area (Å²) in [5.41, 5.74) is 5.37. The Morgan fingerprint density at radius 1 is 1.89 bits per heavy atom. The highest BCUT2D eigenvalue weighted by molar-refractivity contribution is 5.79. The van der Waals surface area contributed by atoms with E-state index in [1.165, 1.54) is 6.08 Å². The lowest BCUT2D eigenvalue weighted by molar-refractivity contribution is -0.131. The van der Waals surface area contributed by atoms with E-state index in [-0.39, 0.29) is 6.04 Å². The zero-order valence-electron chi connectivity index (χ0n) is 5.37. The van der Waals surface area contributed by atoms with E-state index >= 15 is 0 Å². The van der Waals surface area contributed by atoms with E-state index in [9.17, 15) is 4.79 Å². The van der Waals surface area contributed by atoms with Crippen molar-refractivity contribution >= 4 is 5.97 Å². The molecule has 0 aromatic carbocycles. The first-order valence-electron chi connectivity index (χ1n) is 2.83. The molecule has 0 bridgehead atoms. The van der Waals surface area contributed by atoms with Crippen LogP contribution in [0.15, 0.2) is 12.2 Å². The number of carboxylic acids is 1. The molecule has 3 N–H and O–H groups in total. The smallest absolute Gasteiger partial charge is 0.328 e. The lowest BCUT2D eigenvalue weighted by Gasteiger charge is -1.96. The minimum absolute atomic E-state index is 0.124. The van der Waals surface area contributed by atoms with E-state index in [1.54, 1.807) is 0 Å². The van der Waals surface area contributed by atoms with Gasteiger partial charge in [-0.15, -0.1) is 0 Å². The molecule has 3 nitrogen and oxygen atoms in total. The molecule has 0 aromatic heterocycles. The third-order valence-electron chi connectivity index (χ3n) is 0.957. The standard InChI is InChI=1S/C6H11NO2/c1-2-5(7)3-4-6(8)9/h3-5H,2,7H2,1H3,(H,8,9)/b4-3+. The van der Waals surface area contributed by atoms with Crippen LogP contribution in [0.1, 0.15) is 13.3 Å². The number of carbonyl (C=O) groups is 1. The summed E-state index contributed by atoms with van der Waals surface area (Å²) in [6, 6.07) is -0.124. The van der Waals surface area contributed by atoms with Crippen LogP contribution in [0.4, 0.5) is 0 Å². The Hall–Kier alpha value is -0.830. The van der Waals surface area contributed by atoms with Gasteiger partial charge in [0.15, 0.2) is 0 Å². The van der Waals surface area contributed by atoms with Crippen LogP contribution in [0.3, 0.4) is 0 Å². The number of aliphatic carboxylic acids is 1. The van der Waals surface area contributed by atoms with Crippen LogP contribution in [0.5, 0.6) is 0 Å². The molecule has 0 fully saturated rings. The van der Waals surface area contributed by atoms with Gasteiger partial charge in [0, 0.05) is 12.1 Å². The molecule has 0 aromatic rings. The highest BCUT2D eigenvalue weighted by Crippen LogP contribution is 1.86. The van der Waals surface area contributed by atoms with Crippen molar-refractivity contribution in [1.29, 1.82) is 0 Å². The van der Waals surface area contributed by atoms with Crippen molar-refractivity contribution in [1.82, 2.24) is 0 Å². The lowest BCUT2D eigenvalue weighted by atomic mass is 10.2. The molecule has 52 valence electrons. The van der Waals surface area contributed by atoms with E-state index in [2.05, 4.69) is 0 Å². The van der Waals surface area contributed by atoms with Gasteiger partial charge in [-0.1, -0.05) is 13.0 Å². The third kappa shape index (κ3) is 5.03. The monoisotopic (exact) mass is 129 g/mol. The fraction of sp³-hybridized carbons (Fsp3) is 0.500. The topological polar surface area (TPSA) is 63.3 Å². The largest absolute Gasteiger partial charge is 0.478 e. The predicted octanol–water partition coefficient (Wildman–Crippen LogP) is 0.365. The number of carboxylic acid groups (broad SMARTS) is 1. The fourth-order valence-corrected chi connectivity index (χ4v) is 0.342. The Morgan fingerprint density at radius 2 is 2.44 bits per heavy atom. The van der Waals surface area contributed by atoms with Gasteiger partial charge in [-0.25, -0.2) is 4.79 Å². The molecule has 0 radical (unpaired) electrons. The normalized spacial score (nSPS) is 14.0. The van der Waals surface area contributed by atoms with Crippen molar-refractivity contribution in [2.75, 3.05) is 0 Å². The fourth-order valence-electron chi connectivity index (χ4n) is 0.342. The van der Waals surface area contributed by atoms with Gasteiger partial charge >= 0.3 is 5.97 Å². The average Bonchev–Trinajstić information content (AvgIpc) is 1.83. The molecule has 0 aliphatic heterocycles. The van der Waals surface area contributed by atoms with Gasteiger partial charge in [0.2, 0.25) is 0 Å². The summed E-state index contributed by atoms with van der Waals surface area (Å²) < 4.78 is 0. The summed E-state index contributed by atoms with van der Waals surface area (Å²) in [6.45, 7) is 1.90. The number of rotatable bonds is 3. The van der Waals surface area contributed by atoms with Crippen molar-refractivity contribution in [3.05, 3.63) is 12.2 Å².